The van der Waals surface area contributed by atoms with Gasteiger partial charge in [-0.1, -0.05) is 43.8 Å². The van der Waals surface area contributed by atoms with E-state index < -0.39 is 0 Å². The van der Waals surface area contributed by atoms with E-state index in [0.717, 1.165) is 22.8 Å². The summed E-state index contributed by atoms with van der Waals surface area (Å²) in [5, 5.41) is 9.72. The van der Waals surface area contributed by atoms with Crippen LogP contribution in [0.15, 0.2) is 53.7 Å². The Bertz CT molecular complexity index is 1100. The fourth-order valence-corrected chi connectivity index (χ4v) is 4.80. The Hall–Kier alpha value is -2.84. The van der Waals surface area contributed by atoms with E-state index in [2.05, 4.69) is 40.7 Å². The number of thioether (sulfide) groups is 1. The third-order valence-corrected chi connectivity index (χ3v) is 6.61. The van der Waals surface area contributed by atoms with E-state index in [0.29, 0.717) is 36.5 Å². The molecule has 1 unspecified atom stereocenters. The zero-order chi connectivity index (χ0) is 23.4. The SMILES string of the molecule is COc1ccc(-c2nnc(SCC(=O)N3CCOC(C)C3)n2-c2ccccc2C(C)C)cc1. The molecular formula is C25H30N4O3S. The molecule has 0 aliphatic carbocycles. The molecule has 33 heavy (non-hydrogen) atoms. The van der Waals surface area contributed by atoms with Crippen LogP contribution in [0, 0.1) is 0 Å². The number of ether oxygens (including phenoxy) is 2. The van der Waals surface area contributed by atoms with Crippen molar-refractivity contribution in [1.82, 2.24) is 19.7 Å². The molecule has 0 saturated carbocycles. The quantitative estimate of drug-likeness (QED) is 0.481. The highest BCUT2D eigenvalue weighted by atomic mass is 32.2. The van der Waals surface area contributed by atoms with Crippen molar-refractivity contribution in [3.8, 4) is 22.8 Å². The van der Waals surface area contributed by atoms with Crippen LogP contribution in [0.2, 0.25) is 0 Å². The second-order valence-corrected chi connectivity index (χ2v) is 9.34. The maximum absolute atomic E-state index is 12.9. The van der Waals surface area contributed by atoms with E-state index in [4.69, 9.17) is 9.47 Å². The van der Waals surface area contributed by atoms with Gasteiger partial charge in [0.05, 0.1) is 31.3 Å². The Balaban J connectivity index is 1.68. The molecule has 1 amide bonds. The third kappa shape index (κ3) is 5.23. The number of hydrogen-bond donors (Lipinski definition) is 0. The summed E-state index contributed by atoms with van der Waals surface area (Å²) in [7, 11) is 1.65. The van der Waals surface area contributed by atoms with Gasteiger partial charge in [-0.05, 0) is 48.7 Å². The molecule has 0 bridgehead atoms. The standard InChI is InChI=1S/C25H30N4O3S/c1-17(2)21-7-5-6-8-22(21)29-24(19-9-11-20(31-4)12-10-19)26-27-25(29)33-16-23(30)28-13-14-32-18(3)15-28/h5-12,17-18H,13-16H2,1-4H3. The molecule has 174 valence electrons. The first-order valence-corrected chi connectivity index (χ1v) is 12.2. The molecular weight excluding hydrogens is 436 g/mol. The maximum atomic E-state index is 12.9. The summed E-state index contributed by atoms with van der Waals surface area (Å²) >= 11 is 1.42. The van der Waals surface area contributed by atoms with E-state index in [1.807, 2.05) is 48.2 Å². The van der Waals surface area contributed by atoms with Gasteiger partial charge in [0.1, 0.15) is 5.75 Å². The van der Waals surface area contributed by atoms with Crippen LogP contribution in [0.4, 0.5) is 0 Å². The van der Waals surface area contributed by atoms with Gasteiger partial charge in [0.25, 0.3) is 0 Å². The summed E-state index contributed by atoms with van der Waals surface area (Å²) in [5.74, 6) is 2.24. The fourth-order valence-electron chi connectivity index (χ4n) is 3.95. The number of benzene rings is 2. The summed E-state index contributed by atoms with van der Waals surface area (Å²) in [6, 6.07) is 16.1. The van der Waals surface area contributed by atoms with Gasteiger partial charge in [0, 0.05) is 18.7 Å². The molecule has 1 aromatic heterocycles. The number of methoxy groups -OCH3 is 1. The summed E-state index contributed by atoms with van der Waals surface area (Å²) in [6.45, 7) is 8.17. The second kappa shape index (κ2) is 10.4. The predicted molar refractivity (Wildman–Crippen MR) is 130 cm³/mol. The van der Waals surface area contributed by atoms with E-state index in [1.54, 1.807) is 7.11 Å². The normalized spacial score (nSPS) is 16.3. The van der Waals surface area contributed by atoms with Crippen LogP contribution in [0.5, 0.6) is 5.75 Å². The highest BCUT2D eigenvalue weighted by Crippen LogP contribution is 2.32. The van der Waals surface area contributed by atoms with E-state index in [9.17, 15) is 4.79 Å². The largest absolute Gasteiger partial charge is 0.497 e. The summed E-state index contributed by atoms with van der Waals surface area (Å²) in [5.41, 5.74) is 3.16. The minimum absolute atomic E-state index is 0.0657. The van der Waals surface area contributed by atoms with E-state index >= 15 is 0 Å². The number of hydrogen-bond acceptors (Lipinski definition) is 6. The Labute approximate surface area is 199 Å². The lowest BCUT2D eigenvalue weighted by atomic mass is 10.0. The minimum atomic E-state index is 0.0657. The molecule has 8 heteroatoms. The Morgan fingerprint density at radius 2 is 1.94 bits per heavy atom. The van der Waals surface area contributed by atoms with Crippen LogP contribution in [0.25, 0.3) is 17.1 Å². The number of rotatable bonds is 7. The maximum Gasteiger partial charge on any atom is 0.233 e. The number of aromatic nitrogens is 3. The van der Waals surface area contributed by atoms with Crippen molar-refractivity contribution in [3.63, 3.8) is 0 Å². The lowest BCUT2D eigenvalue weighted by Crippen LogP contribution is -2.45. The predicted octanol–water partition coefficient (Wildman–Crippen LogP) is 4.41. The van der Waals surface area contributed by atoms with Gasteiger partial charge < -0.3 is 14.4 Å². The third-order valence-electron chi connectivity index (χ3n) is 5.70. The smallest absolute Gasteiger partial charge is 0.233 e. The number of amides is 1. The number of carbonyl (C=O) groups is 1. The molecule has 1 atom stereocenters. The van der Waals surface area contributed by atoms with Crippen molar-refractivity contribution >= 4 is 17.7 Å². The molecule has 2 aromatic carbocycles. The molecule has 0 radical (unpaired) electrons. The van der Waals surface area contributed by atoms with Crippen molar-refractivity contribution in [1.29, 1.82) is 0 Å². The first-order chi connectivity index (χ1) is 16.0. The number of carbonyl (C=O) groups excluding carboxylic acids is 1. The van der Waals surface area contributed by atoms with Crippen LogP contribution in [-0.4, -0.2) is 64.2 Å². The van der Waals surface area contributed by atoms with Crippen LogP contribution >= 0.6 is 11.8 Å². The summed E-state index contributed by atoms with van der Waals surface area (Å²) < 4.78 is 12.9. The molecule has 2 heterocycles. The second-order valence-electron chi connectivity index (χ2n) is 8.39. The van der Waals surface area contributed by atoms with Crippen LogP contribution in [0.1, 0.15) is 32.3 Å². The summed E-state index contributed by atoms with van der Waals surface area (Å²) in [6.07, 6.45) is 0.0657. The highest BCUT2D eigenvalue weighted by molar-refractivity contribution is 7.99. The first-order valence-electron chi connectivity index (χ1n) is 11.2. The molecule has 1 saturated heterocycles. The average molecular weight is 467 g/mol. The summed E-state index contributed by atoms with van der Waals surface area (Å²) in [4.78, 5) is 14.7. The molecule has 1 aliphatic heterocycles. The van der Waals surface area contributed by atoms with Gasteiger partial charge >= 0.3 is 0 Å². The van der Waals surface area contributed by atoms with Gasteiger partial charge in [-0.3, -0.25) is 9.36 Å². The first kappa shape index (κ1) is 23.3. The lowest BCUT2D eigenvalue weighted by Gasteiger charge is -2.31. The van der Waals surface area contributed by atoms with Crippen molar-refractivity contribution in [2.45, 2.75) is 37.9 Å². The van der Waals surface area contributed by atoms with Gasteiger partial charge in [-0.15, -0.1) is 10.2 Å². The van der Waals surface area contributed by atoms with E-state index in [-0.39, 0.29) is 12.0 Å². The van der Waals surface area contributed by atoms with Gasteiger partial charge in [0.2, 0.25) is 5.91 Å². The Morgan fingerprint density at radius 1 is 1.18 bits per heavy atom. The highest BCUT2D eigenvalue weighted by Gasteiger charge is 2.24. The number of para-hydroxylation sites is 1. The van der Waals surface area contributed by atoms with Crippen LogP contribution < -0.4 is 4.74 Å². The van der Waals surface area contributed by atoms with Gasteiger partial charge in [-0.25, -0.2) is 0 Å². The van der Waals surface area contributed by atoms with Crippen LogP contribution in [-0.2, 0) is 9.53 Å². The number of morpholine rings is 1. The molecule has 7 nitrogen and oxygen atoms in total. The van der Waals surface area contributed by atoms with Crippen molar-refractivity contribution in [2.24, 2.45) is 0 Å². The zero-order valence-corrected chi connectivity index (χ0v) is 20.3. The van der Waals surface area contributed by atoms with Crippen molar-refractivity contribution < 1.29 is 14.3 Å². The Kier molecular flexibility index (Phi) is 7.35. The van der Waals surface area contributed by atoms with Crippen LogP contribution in [0.3, 0.4) is 0 Å². The molecule has 0 spiro atoms. The molecule has 3 aromatic rings. The fraction of sp³-hybridized carbons (Fsp3) is 0.400. The molecule has 1 aliphatic rings. The van der Waals surface area contributed by atoms with Crippen molar-refractivity contribution in [3.05, 3.63) is 54.1 Å². The van der Waals surface area contributed by atoms with Crippen molar-refractivity contribution in [2.75, 3.05) is 32.6 Å². The number of nitrogens with zero attached hydrogens (tertiary/aromatic N) is 4. The Morgan fingerprint density at radius 3 is 2.64 bits per heavy atom. The topological polar surface area (TPSA) is 69.5 Å². The molecule has 0 N–H and O–H groups in total. The zero-order valence-electron chi connectivity index (χ0n) is 19.5. The van der Waals surface area contributed by atoms with Gasteiger partial charge in [0.15, 0.2) is 11.0 Å². The lowest BCUT2D eigenvalue weighted by molar-refractivity contribution is -0.135. The van der Waals surface area contributed by atoms with Gasteiger partial charge in [-0.2, -0.15) is 0 Å². The monoisotopic (exact) mass is 466 g/mol. The van der Waals surface area contributed by atoms with E-state index in [1.165, 1.54) is 17.3 Å². The minimum Gasteiger partial charge on any atom is -0.497 e. The average Bonchev–Trinajstić information content (AvgIpc) is 3.26. The molecule has 1 fully saturated rings. The molecule has 4 rings (SSSR count).